The van der Waals surface area contributed by atoms with Crippen molar-refractivity contribution in [3.05, 3.63) is 28.8 Å². The number of rotatable bonds is 3. The molecule has 6 heteroatoms. The number of benzene rings is 1. The molecule has 0 spiro atoms. The van der Waals surface area contributed by atoms with Gasteiger partial charge in [0, 0.05) is 50.9 Å². The monoisotopic (exact) mass is 328 g/mol. The summed E-state index contributed by atoms with van der Waals surface area (Å²) >= 11 is 11.5. The Bertz CT molecular complexity index is 510. The molecule has 0 unspecified atom stereocenters. The number of nitrogens with zero attached hydrogens (tertiary/aromatic N) is 1. The number of thiocarbonyl (C=S) groups is 1. The van der Waals surface area contributed by atoms with Crippen molar-refractivity contribution in [2.45, 2.75) is 25.6 Å². The maximum absolute atomic E-state index is 5.97. The predicted molar refractivity (Wildman–Crippen MR) is 90.0 cm³/mol. The topological polar surface area (TPSA) is 33.7 Å². The van der Waals surface area contributed by atoms with Crippen molar-refractivity contribution in [2.24, 2.45) is 0 Å². The Morgan fingerprint density at radius 1 is 1.29 bits per heavy atom. The fourth-order valence-corrected chi connectivity index (χ4v) is 3.02. The molecule has 1 N–H and O–H groups in total. The normalized spacial score (nSPS) is 17.6. The molecule has 116 valence electrons. The van der Waals surface area contributed by atoms with Crippen LogP contribution < -0.4 is 5.32 Å². The number of aryl methyl sites for hydroxylation is 1. The minimum Gasteiger partial charge on any atom is -0.353 e. The van der Waals surface area contributed by atoms with E-state index in [0.29, 0.717) is 0 Å². The summed E-state index contributed by atoms with van der Waals surface area (Å²) in [5.74, 6) is -0.470. The molecule has 0 amide bonds. The zero-order valence-electron chi connectivity index (χ0n) is 12.6. The Balaban J connectivity index is 1.96. The van der Waals surface area contributed by atoms with Gasteiger partial charge in [-0.25, -0.2) is 0 Å². The standard InChI is InChI=1S/C15H21ClN2O2S/c1-11-10-12(16)4-5-13(11)17-14(21)18-8-6-15(19-2,20-3)7-9-18/h4-5,10H,6-9H2,1-3H3,(H,17,21). The number of piperidine rings is 1. The van der Waals surface area contributed by atoms with Gasteiger partial charge in [-0.05, 0) is 42.9 Å². The van der Waals surface area contributed by atoms with Gasteiger partial charge in [-0.1, -0.05) is 11.6 Å². The van der Waals surface area contributed by atoms with E-state index in [9.17, 15) is 0 Å². The fourth-order valence-electron chi connectivity index (χ4n) is 2.50. The summed E-state index contributed by atoms with van der Waals surface area (Å²) in [5.41, 5.74) is 2.06. The van der Waals surface area contributed by atoms with Crippen LogP contribution in [0.25, 0.3) is 0 Å². The zero-order chi connectivity index (χ0) is 15.5. The van der Waals surface area contributed by atoms with Gasteiger partial charge in [0.2, 0.25) is 0 Å². The summed E-state index contributed by atoms with van der Waals surface area (Å²) in [4.78, 5) is 2.14. The molecule has 0 aliphatic carbocycles. The largest absolute Gasteiger partial charge is 0.353 e. The molecule has 0 radical (unpaired) electrons. The van der Waals surface area contributed by atoms with Gasteiger partial charge >= 0.3 is 0 Å². The van der Waals surface area contributed by atoms with Gasteiger partial charge in [0.05, 0.1) is 0 Å². The molecule has 0 saturated carbocycles. The summed E-state index contributed by atoms with van der Waals surface area (Å²) < 4.78 is 11.0. The molecule has 1 aromatic carbocycles. The van der Waals surface area contributed by atoms with Gasteiger partial charge in [-0.2, -0.15) is 0 Å². The molecule has 1 aliphatic rings. The summed E-state index contributed by atoms with van der Waals surface area (Å²) in [6.45, 7) is 3.62. The molecule has 1 aliphatic heterocycles. The van der Waals surface area contributed by atoms with Crippen LogP contribution in [0.5, 0.6) is 0 Å². The Morgan fingerprint density at radius 3 is 2.43 bits per heavy atom. The van der Waals surface area contributed by atoms with E-state index in [1.54, 1.807) is 14.2 Å². The van der Waals surface area contributed by atoms with Crippen LogP contribution in [0.4, 0.5) is 5.69 Å². The van der Waals surface area contributed by atoms with Crippen LogP contribution >= 0.6 is 23.8 Å². The Labute approximate surface area is 136 Å². The second kappa shape index (κ2) is 6.92. The van der Waals surface area contributed by atoms with Crippen molar-refractivity contribution < 1.29 is 9.47 Å². The highest BCUT2D eigenvalue weighted by molar-refractivity contribution is 7.80. The van der Waals surface area contributed by atoms with Crippen LogP contribution in [0, 0.1) is 6.92 Å². The van der Waals surface area contributed by atoms with Crippen molar-refractivity contribution in [2.75, 3.05) is 32.6 Å². The lowest BCUT2D eigenvalue weighted by molar-refractivity contribution is -0.225. The molecule has 0 aromatic heterocycles. The first-order valence-electron chi connectivity index (χ1n) is 6.92. The number of ether oxygens (including phenoxy) is 2. The van der Waals surface area contributed by atoms with Gasteiger partial charge in [-0.15, -0.1) is 0 Å². The summed E-state index contributed by atoms with van der Waals surface area (Å²) in [7, 11) is 3.37. The van der Waals surface area contributed by atoms with Crippen LogP contribution in [0.2, 0.25) is 5.02 Å². The minimum atomic E-state index is -0.470. The highest BCUT2D eigenvalue weighted by atomic mass is 35.5. The molecule has 21 heavy (non-hydrogen) atoms. The third-order valence-corrected chi connectivity index (χ3v) is 4.58. The first-order valence-corrected chi connectivity index (χ1v) is 7.71. The van der Waals surface area contributed by atoms with E-state index in [1.165, 1.54) is 0 Å². The zero-order valence-corrected chi connectivity index (χ0v) is 14.2. The lowest BCUT2D eigenvalue weighted by Crippen LogP contribution is -2.49. The number of hydrogen-bond donors (Lipinski definition) is 1. The molecule has 1 fully saturated rings. The molecule has 1 aromatic rings. The lowest BCUT2D eigenvalue weighted by atomic mass is 10.0. The number of hydrogen-bond acceptors (Lipinski definition) is 3. The molecular weight excluding hydrogens is 308 g/mol. The number of methoxy groups -OCH3 is 2. The van der Waals surface area contributed by atoms with Crippen LogP contribution in [0.15, 0.2) is 18.2 Å². The highest BCUT2D eigenvalue weighted by Gasteiger charge is 2.35. The third-order valence-electron chi connectivity index (χ3n) is 3.99. The number of likely N-dealkylation sites (tertiary alicyclic amines) is 1. The second-order valence-corrected chi connectivity index (χ2v) is 6.02. The highest BCUT2D eigenvalue weighted by Crippen LogP contribution is 2.27. The van der Waals surface area contributed by atoms with Crippen LogP contribution in [-0.4, -0.2) is 43.1 Å². The molecule has 4 nitrogen and oxygen atoms in total. The fraction of sp³-hybridized carbons (Fsp3) is 0.533. The van der Waals surface area contributed by atoms with E-state index in [-0.39, 0.29) is 0 Å². The molecule has 0 atom stereocenters. The van der Waals surface area contributed by atoms with E-state index < -0.39 is 5.79 Å². The average Bonchev–Trinajstić information content (AvgIpc) is 2.50. The minimum absolute atomic E-state index is 0.470. The van der Waals surface area contributed by atoms with E-state index >= 15 is 0 Å². The van der Waals surface area contributed by atoms with Gasteiger partial charge in [-0.3, -0.25) is 0 Å². The van der Waals surface area contributed by atoms with Gasteiger partial charge < -0.3 is 19.7 Å². The molecule has 1 saturated heterocycles. The summed E-state index contributed by atoms with van der Waals surface area (Å²) in [5, 5.41) is 4.74. The van der Waals surface area contributed by atoms with Crippen LogP contribution in [0.3, 0.4) is 0 Å². The molecule has 1 heterocycles. The predicted octanol–water partition coefficient (Wildman–Crippen LogP) is 3.43. The lowest BCUT2D eigenvalue weighted by Gasteiger charge is -2.40. The van der Waals surface area contributed by atoms with Crippen molar-refractivity contribution in [3.8, 4) is 0 Å². The number of halogens is 1. The van der Waals surface area contributed by atoms with Crippen molar-refractivity contribution in [1.82, 2.24) is 4.90 Å². The molecule has 2 rings (SSSR count). The van der Waals surface area contributed by atoms with Crippen molar-refractivity contribution in [1.29, 1.82) is 0 Å². The quantitative estimate of drug-likeness (QED) is 0.679. The van der Waals surface area contributed by atoms with Crippen molar-refractivity contribution in [3.63, 3.8) is 0 Å². The first-order chi connectivity index (χ1) is 9.99. The number of anilines is 1. The van der Waals surface area contributed by atoms with Crippen LogP contribution in [-0.2, 0) is 9.47 Å². The van der Waals surface area contributed by atoms with E-state index in [4.69, 9.17) is 33.3 Å². The van der Waals surface area contributed by atoms with Gasteiger partial charge in [0.25, 0.3) is 0 Å². The van der Waals surface area contributed by atoms with E-state index in [1.807, 2.05) is 25.1 Å². The average molecular weight is 329 g/mol. The smallest absolute Gasteiger partial charge is 0.173 e. The van der Waals surface area contributed by atoms with Gasteiger partial charge in [0.15, 0.2) is 10.9 Å². The van der Waals surface area contributed by atoms with E-state index in [2.05, 4.69) is 10.2 Å². The van der Waals surface area contributed by atoms with Crippen molar-refractivity contribution >= 4 is 34.6 Å². The molecular formula is C15H21ClN2O2S. The van der Waals surface area contributed by atoms with Crippen LogP contribution in [0.1, 0.15) is 18.4 Å². The van der Waals surface area contributed by atoms with E-state index in [0.717, 1.165) is 47.3 Å². The Kier molecular flexibility index (Phi) is 5.43. The SMILES string of the molecule is COC1(OC)CCN(C(=S)Nc2ccc(Cl)cc2C)CC1. The number of nitrogens with one attached hydrogen (secondary N) is 1. The Morgan fingerprint density at radius 2 is 1.90 bits per heavy atom. The summed E-state index contributed by atoms with van der Waals surface area (Å²) in [6, 6.07) is 5.72. The second-order valence-electron chi connectivity index (χ2n) is 5.20. The molecule has 0 bridgehead atoms. The third kappa shape index (κ3) is 3.86. The first kappa shape index (κ1) is 16.5. The summed E-state index contributed by atoms with van der Waals surface area (Å²) in [6.07, 6.45) is 1.59. The maximum atomic E-state index is 5.97. The van der Waals surface area contributed by atoms with Gasteiger partial charge in [0.1, 0.15) is 0 Å². The Hall–Kier alpha value is -0.880. The maximum Gasteiger partial charge on any atom is 0.173 e.